The molecule has 1 heterocycles. The van der Waals surface area contributed by atoms with E-state index in [1.165, 1.54) is 25.7 Å². The van der Waals surface area contributed by atoms with Gasteiger partial charge in [0.1, 0.15) is 0 Å². The van der Waals surface area contributed by atoms with Crippen molar-refractivity contribution in [2.45, 2.75) is 38.5 Å². The number of rotatable bonds is 0. The van der Waals surface area contributed by atoms with E-state index in [4.69, 9.17) is 4.74 Å². The zero-order valence-corrected chi connectivity index (χ0v) is 7.42. The zero-order valence-electron chi connectivity index (χ0n) is 7.42. The first-order chi connectivity index (χ1) is 5.86. The number of hydrogen-bond donors (Lipinski definition) is 0. The van der Waals surface area contributed by atoms with Gasteiger partial charge in [0.15, 0.2) is 0 Å². The quantitative estimate of drug-likeness (QED) is 0.518. The van der Waals surface area contributed by atoms with E-state index in [0.717, 1.165) is 12.3 Å². The van der Waals surface area contributed by atoms with Crippen molar-refractivity contribution in [3.63, 3.8) is 0 Å². The fraction of sp³-hybridized carbons (Fsp3) is 0.900. The van der Waals surface area contributed by atoms with Crippen LogP contribution in [0.4, 0.5) is 0 Å². The van der Waals surface area contributed by atoms with Crippen molar-refractivity contribution >= 4 is 5.97 Å². The van der Waals surface area contributed by atoms with E-state index in [9.17, 15) is 4.79 Å². The van der Waals surface area contributed by atoms with E-state index < -0.39 is 0 Å². The lowest BCUT2D eigenvalue weighted by Crippen LogP contribution is -2.21. The van der Waals surface area contributed by atoms with E-state index in [-0.39, 0.29) is 5.97 Å². The molecule has 0 bridgehead atoms. The first-order valence-electron chi connectivity index (χ1n) is 5.02. The highest BCUT2D eigenvalue weighted by molar-refractivity contribution is 5.69. The summed E-state index contributed by atoms with van der Waals surface area (Å²) in [6.45, 7) is 0.698. The number of fused-ring (bicyclic) bond motifs is 1. The predicted octanol–water partition coefficient (Wildman–Crippen LogP) is 2.13. The van der Waals surface area contributed by atoms with Crippen molar-refractivity contribution in [3.8, 4) is 0 Å². The van der Waals surface area contributed by atoms with Gasteiger partial charge >= 0.3 is 5.97 Å². The van der Waals surface area contributed by atoms with Crippen LogP contribution in [0.15, 0.2) is 0 Å². The van der Waals surface area contributed by atoms with Gasteiger partial charge in [-0.05, 0) is 24.7 Å². The number of esters is 1. The Kier molecular flexibility index (Phi) is 2.33. The lowest BCUT2D eigenvalue weighted by Gasteiger charge is -2.28. The van der Waals surface area contributed by atoms with Crippen molar-refractivity contribution in [3.05, 3.63) is 0 Å². The molecule has 0 aromatic carbocycles. The molecule has 1 aliphatic heterocycles. The Morgan fingerprint density at radius 1 is 1.08 bits per heavy atom. The van der Waals surface area contributed by atoms with Gasteiger partial charge in [-0.15, -0.1) is 0 Å². The average molecular weight is 168 g/mol. The van der Waals surface area contributed by atoms with Gasteiger partial charge in [-0.1, -0.05) is 19.3 Å². The molecule has 2 rings (SSSR count). The number of cyclic esters (lactones) is 1. The SMILES string of the molecule is O=C1CC[C@H]2CCCC[C@H]2CO1. The molecule has 68 valence electrons. The maximum Gasteiger partial charge on any atom is 0.305 e. The minimum Gasteiger partial charge on any atom is -0.465 e. The third kappa shape index (κ3) is 1.62. The minimum atomic E-state index is 0.0180. The van der Waals surface area contributed by atoms with Crippen LogP contribution < -0.4 is 0 Å². The van der Waals surface area contributed by atoms with Crippen LogP contribution in [0.25, 0.3) is 0 Å². The van der Waals surface area contributed by atoms with Crippen LogP contribution in [0.3, 0.4) is 0 Å². The summed E-state index contributed by atoms with van der Waals surface area (Å²) in [6.07, 6.45) is 7.01. The normalized spacial score (nSPS) is 36.5. The highest BCUT2D eigenvalue weighted by Gasteiger charge is 2.29. The molecule has 0 aromatic rings. The topological polar surface area (TPSA) is 26.3 Å². The molecule has 2 atom stereocenters. The van der Waals surface area contributed by atoms with E-state index in [2.05, 4.69) is 0 Å². The summed E-state index contributed by atoms with van der Waals surface area (Å²) >= 11 is 0. The summed E-state index contributed by atoms with van der Waals surface area (Å²) < 4.78 is 5.13. The minimum absolute atomic E-state index is 0.0180. The maximum atomic E-state index is 11.0. The summed E-state index contributed by atoms with van der Waals surface area (Å²) in [5.41, 5.74) is 0. The molecule has 1 saturated carbocycles. The third-order valence-corrected chi connectivity index (χ3v) is 3.24. The van der Waals surface area contributed by atoms with Crippen molar-refractivity contribution in [2.24, 2.45) is 11.8 Å². The van der Waals surface area contributed by atoms with Crippen LogP contribution in [-0.2, 0) is 9.53 Å². The van der Waals surface area contributed by atoms with Gasteiger partial charge in [0.2, 0.25) is 0 Å². The molecule has 0 aromatic heterocycles. The van der Waals surface area contributed by atoms with E-state index >= 15 is 0 Å². The second-order valence-electron chi connectivity index (χ2n) is 4.03. The lowest BCUT2D eigenvalue weighted by molar-refractivity contribution is -0.143. The number of carbonyl (C=O) groups is 1. The highest BCUT2D eigenvalue weighted by atomic mass is 16.5. The molecule has 0 amide bonds. The van der Waals surface area contributed by atoms with Crippen LogP contribution in [-0.4, -0.2) is 12.6 Å². The van der Waals surface area contributed by atoms with Crippen LogP contribution in [0.5, 0.6) is 0 Å². The van der Waals surface area contributed by atoms with Crippen LogP contribution >= 0.6 is 0 Å². The van der Waals surface area contributed by atoms with Gasteiger partial charge < -0.3 is 4.74 Å². The third-order valence-electron chi connectivity index (χ3n) is 3.24. The molecule has 0 radical (unpaired) electrons. The van der Waals surface area contributed by atoms with Gasteiger partial charge in [0.05, 0.1) is 6.61 Å². The van der Waals surface area contributed by atoms with Crippen LogP contribution in [0.1, 0.15) is 38.5 Å². The first kappa shape index (κ1) is 8.09. The van der Waals surface area contributed by atoms with Crippen LogP contribution in [0, 0.1) is 11.8 Å². The summed E-state index contributed by atoms with van der Waals surface area (Å²) in [5, 5.41) is 0. The first-order valence-corrected chi connectivity index (χ1v) is 5.02. The number of hydrogen-bond acceptors (Lipinski definition) is 2. The van der Waals surface area contributed by atoms with E-state index in [1.54, 1.807) is 0 Å². The smallest absolute Gasteiger partial charge is 0.305 e. The molecule has 1 aliphatic carbocycles. The van der Waals surface area contributed by atoms with E-state index in [0.29, 0.717) is 18.9 Å². The molecule has 1 saturated heterocycles. The monoisotopic (exact) mass is 168 g/mol. The Labute approximate surface area is 73.3 Å². The van der Waals surface area contributed by atoms with E-state index in [1.807, 2.05) is 0 Å². The molecule has 2 aliphatic rings. The fourth-order valence-electron chi connectivity index (χ4n) is 2.46. The lowest BCUT2D eigenvalue weighted by atomic mass is 9.78. The summed E-state index contributed by atoms with van der Waals surface area (Å²) in [6, 6.07) is 0. The molecular formula is C10H16O2. The van der Waals surface area contributed by atoms with Crippen molar-refractivity contribution in [1.82, 2.24) is 0 Å². The molecule has 2 nitrogen and oxygen atoms in total. The molecule has 0 spiro atoms. The summed E-state index contributed by atoms with van der Waals surface area (Å²) in [4.78, 5) is 11.0. The fourth-order valence-corrected chi connectivity index (χ4v) is 2.46. The maximum absolute atomic E-state index is 11.0. The molecule has 12 heavy (non-hydrogen) atoms. The Balaban J connectivity index is 1.98. The van der Waals surface area contributed by atoms with Gasteiger partial charge in [0, 0.05) is 6.42 Å². The van der Waals surface area contributed by atoms with Gasteiger partial charge in [-0.3, -0.25) is 4.79 Å². The van der Waals surface area contributed by atoms with Crippen molar-refractivity contribution < 1.29 is 9.53 Å². The zero-order chi connectivity index (χ0) is 8.39. The Morgan fingerprint density at radius 2 is 1.83 bits per heavy atom. The molecular weight excluding hydrogens is 152 g/mol. The van der Waals surface area contributed by atoms with Gasteiger partial charge in [0.25, 0.3) is 0 Å². The van der Waals surface area contributed by atoms with Gasteiger partial charge in [-0.2, -0.15) is 0 Å². The summed E-state index contributed by atoms with van der Waals surface area (Å²) in [7, 11) is 0. The predicted molar refractivity (Wildman–Crippen MR) is 45.6 cm³/mol. The molecule has 2 heteroatoms. The number of carbonyl (C=O) groups excluding carboxylic acids is 1. The molecule has 0 unspecified atom stereocenters. The average Bonchev–Trinajstić information content (AvgIpc) is 2.29. The number of ether oxygens (including phenoxy) is 1. The Bertz CT molecular complexity index is 159. The standard InChI is InChI=1S/C10H16O2/c11-10-6-5-8-3-1-2-4-9(8)7-12-10/h8-9H,1-7H2/t8-,9+/m1/s1. The Hall–Kier alpha value is -0.530. The largest absolute Gasteiger partial charge is 0.465 e. The second-order valence-corrected chi connectivity index (χ2v) is 4.03. The van der Waals surface area contributed by atoms with Crippen molar-refractivity contribution in [1.29, 1.82) is 0 Å². The molecule has 2 fully saturated rings. The second kappa shape index (κ2) is 3.46. The molecule has 0 N–H and O–H groups in total. The highest BCUT2D eigenvalue weighted by Crippen LogP contribution is 2.35. The Morgan fingerprint density at radius 3 is 2.67 bits per heavy atom. The van der Waals surface area contributed by atoms with Gasteiger partial charge in [-0.25, -0.2) is 0 Å². The van der Waals surface area contributed by atoms with Crippen LogP contribution in [0.2, 0.25) is 0 Å². The van der Waals surface area contributed by atoms with Crippen molar-refractivity contribution in [2.75, 3.05) is 6.61 Å². The summed E-state index contributed by atoms with van der Waals surface area (Å²) in [5.74, 6) is 1.49.